The average Bonchev–Trinajstić information content (AvgIpc) is 1.65. The fraction of sp³-hybridized carbons (Fsp3) is 0.188. The van der Waals surface area contributed by atoms with Crippen LogP contribution >= 0.6 is 0 Å². The Morgan fingerprint density at radius 3 is 1.26 bits per heavy atom. The molecular weight excluding hydrogens is 1260 g/mol. The SMILES string of the molecule is CCn1cnc2cc(C(=O)O)ccc21.O=C(O)c1ccc2c(c1)ncn2-c1ccc(C(F)(F)F)cc1.O=C(O)c1ccc2c(c1)ncn2-c1ccc(F)c(F)c1.O=C(O)c1ccc2c(c1)ncn2C1CCC(F)(F)CC1.O=C(O)c1ccc2c(c1)ncn2CCC(F)(F)F. The Bertz CT molecular complexity index is 4790. The summed E-state index contributed by atoms with van der Waals surface area (Å²) in [6, 6.07) is 30.9. The molecule has 0 amide bonds. The lowest BCUT2D eigenvalue weighted by Crippen LogP contribution is -2.26. The van der Waals surface area contributed by atoms with E-state index in [1.807, 2.05) is 16.1 Å². The van der Waals surface area contributed by atoms with Crippen LogP contribution in [-0.2, 0) is 19.3 Å². The number of aromatic nitrogens is 10. The number of alkyl halides is 8. The molecule has 5 N–H and O–H groups in total. The Balaban J connectivity index is 0.000000139. The van der Waals surface area contributed by atoms with E-state index in [0.29, 0.717) is 62.8 Å². The van der Waals surface area contributed by atoms with Gasteiger partial charge >= 0.3 is 42.2 Å². The van der Waals surface area contributed by atoms with Gasteiger partial charge in [-0.25, -0.2) is 66.5 Å². The summed E-state index contributed by atoms with van der Waals surface area (Å²) >= 11 is 0. The molecule has 1 saturated carbocycles. The molecule has 5 heterocycles. The van der Waals surface area contributed by atoms with Gasteiger partial charge in [0.25, 0.3) is 0 Å². The Labute approximate surface area is 522 Å². The minimum atomic E-state index is -4.38. The van der Waals surface area contributed by atoms with E-state index >= 15 is 0 Å². The van der Waals surface area contributed by atoms with Crippen LogP contribution in [0.3, 0.4) is 0 Å². The molecule has 0 aliphatic heterocycles. The third-order valence-electron chi connectivity index (χ3n) is 14.9. The van der Waals surface area contributed by atoms with Crippen LogP contribution in [0.4, 0.5) is 43.9 Å². The maximum Gasteiger partial charge on any atom is 0.416 e. The number of carbonyl (C=O) groups is 5. The smallest absolute Gasteiger partial charge is 0.416 e. The van der Waals surface area contributed by atoms with E-state index in [1.165, 1.54) is 96.3 Å². The lowest BCUT2D eigenvalue weighted by Gasteiger charge is -2.29. The number of rotatable bonds is 11. The highest BCUT2D eigenvalue weighted by Gasteiger charge is 2.36. The number of carboxylic acids is 5. The summed E-state index contributed by atoms with van der Waals surface area (Å²) in [6.07, 6.45) is -1.44. The molecule has 486 valence electrons. The van der Waals surface area contributed by atoms with Crippen molar-refractivity contribution in [2.75, 3.05) is 0 Å². The van der Waals surface area contributed by atoms with Crippen molar-refractivity contribution in [3.8, 4) is 11.4 Å². The first kappa shape index (κ1) is 66.9. The minimum Gasteiger partial charge on any atom is -0.478 e. The van der Waals surface area contributed by atoms with E-state index in [1.54, 1.807) is 58.2 Å². The van der Waals surface area contributed by atoms with Crippen LogP contribution in [-0.4, -0.2) is 115 Å². The highest BCUT2D eigenvalue weighted by molar-refractivity contribution is 5.95. The second-order valence-corrected chi connectivity index (χ2v) is 21.0. The summed E-state index contributed by atoms with van der Waals surface area (Å²) in [7, 11) is 0. The molecule has 5 aromatic heterocycles. The summed E-state index contributed by atoms with van der Waals surface area (Å²) < 4.78 is 135. The molecule has 94 heavy (non-hydrogen) atoms. The number of nitrogens with zero attached hydrogens (tertiary/aromatic N) is 10. The van der Waals surface area contributed by atoms with Crippen LogP contribution in [0.5, 0.6) is 0 Å². The van der Waals surface area contributed by atoms with E-state index in [9.17, 15) is 67.9 Å². The molecule has 20 nitrogen and oxygen atoms in total. The first-order chi connectivity index (χ1) is 44.5. The number of fused-ring (bicyclic) bond motifs is 5. The van der Waals surface area contributed by atoms with Crippen molar-refractivity contribution in [1.29, 1.82) is 0 Å². The molecule has 0 radical (unpaired) electrons. The number of carboxylic acid groups (broad SMARTS) is 5. The van der Waals surface area contributed by atoms with E-state index in [-0.39, 0.29) is 53.2 Å². The minimum absolute atomic E-state index is 0.00954. The quantitative estimate of drug-likeness (QED) is 0.0753. The summed E-state index contributed by atoms with van der Waals surface area (Å²) in [5.41, 5.74) is 7.03. The van der Waals surface area contributed by atoms with Gasteiger partial charge in [0.15, 0.2) is 11.6 Å². The third kappa shape index (κ3) is 15.8. The highest BCUT2D eigenvalue weighted by Crippen LogP contribution is 2.40. The summed E-state index contributed by atoms with van der Waals surface area (Å²) in [5, 5.41) is 44.3. The van der Waals surface area contributed by atoms with E-state index in [0.717, 1.165) is 47.4 Å². The van der Waals surface area contributed by atoms with Crippen LogP contribution in [0.15, 0.2) is 165 Å². The fourth-order valence-electron chi connectivity index (χ4n) is 9.98. The molecule has 13 rings (SSSR count). The predicted molar refractivity (Wildman–Crippen MR) is 320 cm³/mol. The zero-order valence-corrected chi connectivity index (χ0v) is 48.6. The zero-order valence-electron chi connectivity index (χ0n) is 48.6. The van der Waals surface area contributed by atoms with Gasteiger partial charge in [0.1, 0.15) is 12.7 Å². The zero-order chi connectivity index (χ0) is 68.0. The maximum atomic E-state index is 13.3. The summed E-state index contributed by atoms with van der Waals surface area (Å²) in [4.78, 5) is 74.5. The number of benzene rings is 7. The molecule has 1 aliphatic carbocycles. The van der Waals surface area contributed by atoms with Crippen molar-refractivity contribution in [3.63, 3.8) is 0 Å². The van der Waals surface area contributed by atoms with Crippen LogP contribution in [0.25, 0.3) is 66.5 Å². The number of aromatic carboxylic acids is 5. The van der Waals surface area contributed by atoms with Gasteiger partial charge in [0, 0.05) is 43.7 Å². The molecule has 0 atom stereocenters. The second kappa shape index (κ2) is 27.6. The molecule has 7 aromatic carbocycles. The van der Waals surface area contributed by atoms with Crippen LogP contribution in [0, 0.1) is 11.6 Å². The van der Waals surface area contributed by atoms with Gasteiger partial charge in [0.2, 0.25) is 5.92 Å². The highest BCUT2D eigenvalue weighted by atomic mass is 19.4. The molecular formula is C64H50F10N10O10. The number of hydrogen-bond donors (Lipinski definition) is 5. The van der Waals surface area contributed by atoms with Crippen LogP contribution < -0.4 is 0 Å². The molecule has 0 spiro atoms. The molecule has 0 unspecified atom stereocenters. The largest absolute Gasteiger partial charge is 0.478 e. The molecule has 30 heteroatoms. The Hall–Kier alpha value is -11.5. The van der Waals surface area contributed by atoms with Crippen molar-refractivity contribution >= 4 is 85.0 Å². The van der Waals surface area contributed by atoms with Crippen molar-refractivity contribution in [1.82, 2.24) is 47.8 Å². The number of aryl methyl sites for hydroxylation is 2. The first-order valence-electron chi connectivity index (χ1n) is 28.0. The van der Waals surface area contributed by atoms with Gasteiger partial charge in [-0.05, 0) is 147 Å². The van der Waals surface area contributed by atoms with Gasteiger partial charge in [-0.1, -0.05) is 0 Å². The van der Waals surface area contributed by atoms with Gasteiger partial charge in [-0.3, -0.25) is 9.13 Å². The number of imidazole rings is 5. The molecule has 0 saturated heterocycles. The van der Waals surface area contributed by atoms with Crippen molar-refractivity contribution < 1.29 is 93.4 Å². The van der Waals surface area contributed by atoms with Crippen LogP contribution in [0.1, 0.15) is 102 Å². The Kier molecular flexibility index (Phi) is 19.6. The van der Waals surface area contributed by atoms with E-state index < -0.39 is 71.7 Å². The van der Waals surface area contributed by atoms with E-state index in [4.69, 9.17) is 25.5 Å². The number of halogens is 10. The van der Waals surface area contributed by atoms with Gasteiger partial charge in [0.05, 0.1) is 120 Å². The predicted octanol–water partition coefficient (Wildman–Crippen LogP) is 14.7. The summed E-state index contributed by atoms with van der Waals surface area (Å²) in [6.45, 7) is 2.63. The second-order valence-electron chi connectivity index (χ2n) is 21.0. The standard InChI is InChI=1S/C15H9F3N2O2.C14H8F2N2O2.C14H14F2N2O2.C11H9F3N2O2.C10H10N2O2/c16-15(17,18)10-2-4-11(5-3-10)20-8-19-12-7-9(14(21)22)1-6-13(12)20;15-10-3-2-9(6-11(10)16)18-7-17-12-5-8(14(19)20)1-4-13(12)18;15-14(16)5-3-10(4-6-14)18-8-17-11-7-9(13(19)20)1-2-12(11)18;12-11(13,14)3-4-16-6-15-8-5-7(10(17)18)1-2-9(8)16;1-2-12-6-11-8-5-7(10(13)14)3-4-9(8)12/h1-8H,(H,21,22);1-7H,(H,19,20);1-2,7-8,10H,3-6H2,(H,19,20);1-2,5-6H,3-4H2,(H,17,18);3-6H,2H2,1H3,(H,13,14). The van der Waals surface area contributed by atoms with Crippen molar-refractivity contribution in [3.05, 3.63) is 210 Å². The average molecular weight is 1310 g/mol. The molecule has 1 aliphatic rings. The van der Waals surface area contributed by atoms with Gasteiger partial charge in [-0.2, -0.15) is 26.3 Å². The fourth-order valence-corrected chi connectivity index (χ4v) is 9.98. The van der Waals surface area contributed by atoms with Gasteiger partial charge in [-0.15, -0.1) is 0 Å². The topological polar surface area (TPSA) is 276 Å². The van der Waals surface area contributed by atoms with E-state index in [2.05, 4.69) is 24.9 Å². The Morgan fingerprint density at radius 1 is 0.457 bits per heavy atom. The lowest BCUT2D eigenvalue weighted by molar-refractivity contribution is -0.138. The van der Waals surface area contributed by atoms with Crippen molar-refractivity contribution in [2.45, 2.75) is 76.4 Å². The number of hydrogen-bond acceptors (Lipinski definition) is 10. The lowest BCUT2D eigenvalue weighted by atomic mass is 9.92. The molecule has 12 aromatic rings. The summed E-state index contributed by atoms with van der Waals surface area (Å²) in [5.74, 6) is -9.56. The van der Waals surface area contributed by atoms with Crippen LogP contribution in [0.2, 0.25) is 0 Å². The molecule has 0 bridgehead atoms. The van der Waals surface area contributed by atoms with Gasteiger partial charge < -0.3 is 39.2 Å². The monoisotopic (exact) mass is 1310 g/mol. The van der Waals surface area contributed by atoms with Crippen molar-refractivity contribution in [2.24, 2.45) is 0 Å². The maximum absolute atomic E-state index is 13.3. The Morgan fingerprint density at radius 2 is 0.830 bits per heavy atom. The third-order valence-corrected chi connectivity index (χ3v) is 14.9. The normalized spacial score (nSPS) is 13.1. The molecule has 1 fully saturated rings. The first-order valence-corrected chi connectivity index (χ1v) is 28.0.